The molecule has 0 fully saturated rings. The first-order valence-electron chi connectivity index (χ1n) is 5.89. The first kappa shape index (κ1) is 14.2. The first-order chi connectivity index (χ1) is 8.34. The number of anilines is 1. The van der Waals surface area contributed by atoms with E-state index in [0.717, 1.165) is 0 Å². The van der Waals surface area contributed by atoms with Crippen molar-refractivity contribution in [1.29, 1.82) is 0 Å². The summed E-state index contributed by atoms with van der Waals surface area (Å²) in [6.07, 6.45) is 3.19. The van der Waals surface area contributed by atoms with Crippen molar-refractivity contribution < 1.29 is 4.79 Å². The minimum atomic E-state index is -0.483. The van der Waals surface area contributed by atoms with Gasteiger partial charge in [0, 0.05) is 32.5 Å². The van der Waals surface area contributed by atoms with Gasteiger partial charge in [-0.3, -0.25) is 9.59 Å². The number of likely N-dealkylation sites (N-methyl/N-ethyl adjacent to an activating group) is 1. The summed E-state index contributed by atoms with van der Waals surface area (Å²) < 4.78 is 1.57. The van der Waals surface area contributed by atoms with Gasteiger partial charge >= 0.3 is 0 Å². The van der Waals surface area contributed by atoms with Crippen LogP contribution in [0, 0.1) is 0 Å². The Balaban J connectivity index is 2.96. The van der Waals surface area contributed by atoms with Gasteiger partial charge in [-0.2, -0.15) is 0 Å². The zero-order valence-electron chi connectivity index (χ0n) is 11.5. The van der Waals surface area contributed by atoms with E-state index in [-0.39, 0.29) is 23.3 Å². The standard InChI is InChI=1S/C12H20N4O2/c1-8(2)16-7-6-13-10(12(16)18)14-9(3)11(17)15(4)5/h6-9H,1-5H3,(H,13,14). The van der Waals surface area contributed by atoms with Gasteiger partial charge in [0.05, 0.1) is 0 Å². The molecule has 0 aromatic carbocycles. The van der Waals surface area contributed by atoms with Crippen molar-refractivity contribution in [3.8, 4) is 0 Å². The number of carbonyl (C=O) groups is 1. The summed E-state index contributed by atoms with van der Waals surface area (Å²) in [5, 5.41) is 2.85. The van der Waals surface area contributed by atoms with Crippen LogP contribution >= 0.6 is 0 Å². The van der Waals surface area contributed by atoms with Crippen molar-refractivity contribution >= 4 is 11.7 Å². The van der Waals surface area contributed by atoms with Crippen LogP contribution in [0.25, 0.3) is 0 Å². The average Bonchev–Trinajstić information content (AvgIpc) is 2.30. The number of hydrogen-bond acceptors (Lipinski definition) is 4. The molecule has 0 saturated heterocycles. The molecule has 100 valence electrons. The van der Waals surface area contributed by atoms with E-state index in [1.165, 1.54) is 4.90 Å². The maximum Gasteiger partial charge on any atom is 0.293 e. The summed E-state index contributed by atoms with van der Waals surface area (Å²) in [7, 11) is 3.34. The summed E-state index contributed by atoms with van der Waals surface area (Å²) in [5.74, 6) is 0.102. The van der Waals surface area contributed by atoms with E-state index in [2.05, 4.69) is 10.3 Å². The van der Waals surface area contributed by atoms with E-state index in [0.29, 0.717) is 0 Å². The van der Waals surface area contributed by atoms with Gasteiger partial charge in [-0.25, -0.2) is 4.98 Å². The van der Waals surface area contributed by atoms with Crippen molar-refractivity contribution in [2.75, 3.05) is 19.4 Å². The molecule has 1 aromatic heterocycles. The van der Waals surface area contributed by atoms with Crippen LogP contribution in [0.2, 0.25) is 0 Å². The molecule has 0 saturated carbocycles. The zero-order valence-corrected chi connectivity index (χ0v) is 11.5. The molecule has 0 bridgehead atoms. The van der Waals surface area contributed by atoms with Gasteiger partial charge < -0.3 is 14.8 Å². The topological polar surface area (TPSA) is 67.2 Å². The van der Waals surface area contributed by atoms with Crippen LogP contribution in [0.5, 0.6) is 0 Å². The highest BCUT2D eigenvalue weighted by Crippen LogP contribution is 2.03. The highest BCUT2D eigenvalue weighted by Gasteiger charge is 2.17. The van der Waals surface area contributed by atoms with Crippen LogP contribution in [-0.4, -0.2) is 40.5 Å². The number of nitrogens with zero attached hydrogens (tertiary/aromatic N) is 3. The first-order valence-corrected chi connectivity index (χ1v) is 5.89. The van der Waals surface area contributed by atoms with Crippen molar-refractivity contribution in [3.63, 3.8) is 0 Å². The number of nitrogens with one attached hydrogen (secondary N) is 1. The smallest absolute Gasteiger partial charge is 0.293 e. The Kier molecular flexibility index (Phi) is 4.47. The molecule has 0 aliphatic rings. The molecule has 1 atom stereocenters. The lowest BCUT2D eigenvalue weighted by Gasteiger charge is -2.19. The van der Waals surface area contributed by atoms with Crippen LogP contribution in [0.1, 0.15) is 26.8 Å². The fourth-order valence-electron chi connectivity index (χ4n) is 1.58. The Hall–Kier alpha value is -1.85. The Bertz CT molecular complexity index is 479. The maximum absolute atomic E-state index is 12.1. The zero-order chi connectivity index (χ0) is 13.9. The van der Waals surface area contributed by atoms with Gasteiger partial charge in [0.2, 0.25) is 5.91 Å². The quantitative estimate of drug-likeness (QED) is 0.857. The Morgan fingerprint density at radius 3 is 2.50 bits per heavy atom. The lowest BCUT2D eigenvalue weighted by molar-refractivity contribution is -0.129. The maximum atomic E-state index is 12.1. The Morgan fingerprint density at radius 1 is 1.39 bits per heavy atom. The van der Waals surface area contributed by atoms with Crippen molar-refractivity contribution in [3.05, 3.63) is 22.7 Å². The van der Waals surface area contributed by atoms with Crippen molar-refractivity contribution in [1.82, 2.24) is 14.5 Å². The second-order valence-electron chi connectivity index (χ2n) is 4.68. The largest absolute Gasteiger partial charge is 0.354 e. The third kappa shape index (κ3) is 3.09. The minimum Gasteiger partial charge on any atom is -0.354 e. The SMILES string of the molecule is CC(Nc1nccn(C(C)C)c1=O)C(=O)N(C)C. The number of hydrogen-bond donors (Lipinski definition) is 1. The predicted octanol–water partition coefficient (Wildman–Crippen LogP) is 0.713. The fourth-order valence-corrected chi connectivity index (χ4v) is 1.58. The summed E-state index contributed by atoms with van der Waals surface area (Å²) in [4.78, 5) is 29.2. The van der Waals surface area contributed by atoms with Gasteiger partial charge in [0.15, 0.2) is 5.82 Å². The van der Waals surface area contributed by atoms with E-state index >= 15 is 0 Å². The molecule has 6 nitrogen and oxygen atoms in total. The van der Waals surface area contributed by atoms with E-state index < -0.39 is 6.04 Å². The summed E-state index contributed by atoms with van der Waals surface area (Å²) >= 11 is 0. The molecule has 0 spiro atoms. The van der Waals surface area contributed by atoms with Gasteiger partial charge in [-0.05, 0) is 20.8 Å². The highest BCUT2D eigenvalue weighted by molar-refractivity contribution is 5.83. The molecule has 18 heavy (non-hydrogen) atoms. The van der Waals surface area contributed by atoms with Crippen LogP contribution in [-0.2, 0) is 4.79 Å². The van der Waals surface area contributed by atoms with E-state index in [9.17, 15) is 9.59 Å². The van der Waals surface area contributed by atoms with Crippen LogP contribution < -0.4 is 10.9 Å². The van der Waals surface area contributed by atoms with Gasteiger partial charge in [0.25, 0.3) is 5.56 Å². The molecule has 1 amide bonds. The number of aromatic nitrogens is 2. The lowest BCUT2D eigenvalue weighted by Crippen LogP contribution is -2.39. The summed E-state index contributed by atoms with van der Waals surface area (Å²) in [6.45, 7) is 5.54. The van der Waals surface area contributed by atoms with E-state index in [4.69, 9.17) is 0 Å². The van der Waals surface area contributed by atoms with Crippen molar-refractivity contribution in [2.45, 2.75) is 32.9 Å². The molecule has 1 aromatic rings. The molecule has 1 rings (SSSR count). The Morgan fingerprint density at radius 2 is 2.00 bits per heavy atom. The minimum absolute atomic E-state index is 0.0564. The molecule has 1 N–H and O–H groups in total. The van der Waals surface area contributed by atoms with Crippen LogP contribution in [0.3, 0.4) is 0 Å². The molecule has 0 aliphatic carbocycles. The normalized spacial score (nSPS) is 12.3. The number of carbonyl (C=O) groups excluding carboxylic acids is 1. The van der Waals surface area contributed by atoms with Crippen LogP contribution in [0.4, 0.5) is 5.82 Å². The third-order valence-corrected chi connectivity index (χ3v) is 2.59. The Labute approximate surface area is 107 Å². The summed E-state index contributed by atoms with van der Waals surface area (Å²) in [5.41, 5.74) is -0.217. The number of amides is 1. The molecule has 6 heteroatoms. The third-order valence-electron chi connectivity index (χ3n) is 2.59. The molecule has 0 radical (unpaired) electrons. The highest BCUT2D eigenvalue weighted by atomic mass is 16.2. The molecule has 1 heterocycles. The van der Waals surface area contributed by atoms with Crippen molar-refractivity contribution in [2.24, 2.45) is 0 Å². The van der Waals surface area contributed by atoms with Crippen LogP contribution in [0.15, 0.2) is 17.2 Å². The number of rotatable bonds is 4. The fraction of sp³-hybridized carbons (Fsp3) is 0.583. The second-order valence-corrected chi connectivity index (χ2v) is 4.68. The van der Waals surface area contributed by atoms with Gasteiger partial charge in [0.1, 0.15) is 6.04 Å². The molecular weight excluding hydrogens is 232 g/mol. The van der Waals surface area contributed by atoms with Gasteiger partial charge in [-0.15, -0.1) is 0 Å². The van der Waals surface area contributed by atoms with E-state index in [1.54, 1.807) is 38.0 Å². The second kappa shape index (κ2) is 5.66. The molecule has 0 aliphatic heterocycles. The lowest BCUT2D eigenvalue weighted by atomic mass is 10.3. The summed E-state index contributed by atoms with van der Waals surface area (Å²) in [6, 6.07) is -0.427. The predicted molar refractivity (Wildman–Crippen MR) is 70.7 cm³/mol. The van der Waals surface area contributed by atoms with E-state index in [1.807, 2.05) is 13.8 Å². The monoisotopic (exact) mass is 252 g/mol. The van der Waals surface area contributed by atoms with Gasteiger partial charge in [-0.1, -0.05) is 0 Å². The average molecular weight is 252 g/mol. The molecular formula is C12H20N4O2. The molecule has 1 unspecified atom stereocenters.